The summed E-state index contributed by atoms with van der Waals surface area (Å²) in [5, 5.41) is 12.4. The van der Waals surface area contributed by atoms with Crippen molar-refractivity contribution in [2.24, 2.45) is 5.92 Å². The van der Waals surface area contributed by atoms with Crippen LogP contribution in [0.25, 0.3) is 0 Å². The second-order valence-electron chi connectivity index (χ2n) is 8.07. The number of carbonyl (C=O) groups excluding carboxylic acids is 1. The fourth-order valence-corrected chi connectivity index (χ4v) is 3.97. The van der Waals surface area contributed by atoms with Gasteiger partial charge in [-0.05, 0) is 43.0 Å². The van der Waals surface area contributed by atoms with Gasteiger partial charge in [-0.25, -0.2) is 14.8 Å². The number of piperidine rings is 1. The van der Waals surface area contributed by atoms with E-state index in [0.717, 1.165) is 25.2 Å². The van der Waals surface area contributed by atoms with Crippen LogP contribution in [0, 0.1) is 5.92 Å². The normalized spacial score (nSPS) is 14.0. The first-order chi connectivity index (χ1) is 16.0. The maximum Gasteiger partial charge on any atom is 0.407 e. The molecule has 0 atom stereocenters. The Labute approximate surface area is 192 Å². The number of nitrogens with zero attached hydrogens (tertiary/aromatic N) is 5. The number of nitrogens with one attached hydrogen (secondary N) is 1. The molecule has 0 bridgehead atoms. The van der Waals surface area contributed by atoms with Crippen LogP contribution in [-0.2, 0) is 0 Å². The summed E-state index contributed by atoms with van der Waals surface area (Å²) in [7, 11) is 1.97. The van der Waals surface area contributed by atoms with Crippen molar-refractivity contribution in [2.75, 3.05) is 36.9 Å². The standard InChI is InChI=1S/C24H26N6O3/c1-29(15-17-9-12-30(13-10-17)24(32)33)22-14-21(26-16-27-22)28-19-7-3-2-6-18(19)23(31)20-8-4-5-11-25-20/h2-8,11,14,16-17H,9-10,12-13,15H2,1H3,(H,32,33)(H,26,27,28). The number of benzene rings is 1. The van der Waals surface area contributed by atoms with Gasteiger partial charge >= 0.3 is 6.09 Å². The molecule has 9 heteroatoms. The Morgan fingerprint density at radius 1 is 1.09 bits per heavy atom. The minimum absolute atomic E-state index is 0.169. The summed E-state index contributed by atoms with van der Waals surface area (Å²) in [4.78, 5) is 40.4. The van der Waals surface area contributed by atoms with Gasteiger partial charge in [0, 0.05) is 44.5 Å². The van der Waals surface area contributed by atoms with Crippen LogP contribution in [0.2, 0.25) is 0 Å². The average molecular weight is 447 g/mol. The SMILES string of the molecule is CN(CC1CCN(C(=O)O)CC1)c1cc(Nc2ccccc2C(=O)c2ccccn2)ncn1. The van der Waals surface area contributed by atoms with Crippen LogP contribution in [0.4, 0.5) is 22.1 Å². The van der Waals surface area contributed by atoms with Crippen molar-refractivity contribution in [1.29, 1.82) is 0 Å². The van der Waals surface area contributed by atoms with E-state index in [1.165, 1.54) is 11.2 Å². The van der Waals surface area contributed by atoms with Gasteiger partial charge in [0.25, 0.3) is 0 Å². The van der Waals surface area contributed by atoms with E-state index >= 15 is 0 Å². The zero-order valence-corrected chi connectivity index (χ0v) is 18.4. The molecule has 1 aliphatic heterocycles. The van der Waals surface area contributed by atoms with Crippen LogP contribution in [0.15, 0.2) is 61.1 Å². The van der Waals surface area contributed by atoms with Crippen LogP contribution < -0.4 is 10.2 Å². The average Bonchev–Trinajstić information content (AvgIpc) is 2.85. The molecule has 0 saturated carbocycles. The number of rotatable bonds is 7. The first-order valence-corrected chi connectivity index (χ1v) is 10.8. The Bertz CT molecular complexity index is 1120. The third-order valence-corrected chi connectivity index (χ3v) is 5.79. The minimum Gasteiger partial charge on any atom is -0.465 e. The Morgan fingerprint density at radius 3 is 2.58 bits per heavy atom. The number of amides is 1. The Hall–Kier alpha value is -4.01. The van der Waals surface area contributed by atoms with E-state index in [4.69, 9.17) is 5.11 Å². The number of para-hydroxylation sites is 1. The van der Waals surface area contributed by atoms with E-state index in [9.17, 15) is 9.59 Å². The van der Waals surface area contributed by atoms with Crippen molar-refractivity contribution in [3.8, 4) is 0 Å². The van der Waals surface area contributed by atoms with Gasteiger partial charge < -0.3 is 20.2 Å². The first-order valence-electron chi connectivity index (χ1n) is 10.8. The van der Waals surface area contributed by atoms with E-state index in [1.54, 1.807) is 30.5 Å². The van der Waals surface area contributed by atoms with Gasteiger partial charge in [0.05, 0.1) is 5.69 Å². The quantitative estimate of drug-likeness (QED) is 0.529. The Kier molecular flexibility index (Phi) is 6.77. The molecule has 0 radical (unpaired) electrons. The van der Waals surface area contributed by atoms with Crippen molar-refractivity contribution in [1.82, 2.24) is 19.9 Å². The molecule has 170 valence electrons. The molecule has 0 aliphatic carbocycles. The van der Waals surface area contributed by atoms with Crippen LogP contribution in [0.3, 0.4) is 0 Å². The molecule has 1 amide bonds. The number of aromatic nitrogens is 3. The van der Waals surface area contributed by atoms with E-state index in [0.29, 0.717) is 41.8 Å². The molecule has 1 fully saturated rings. The molecule has 0 spiro atoms. The molecular formula is C24H26N6O3. The predicted molar refractivity (Wildman–Crippen MR) is 125 cm³/mol. The molecule has 3 heterocycles. The number of pyridine rings is 1. The van der Waals surface area contributed by atoms with Gasteiger partial charge in [0.1, 0.15) is 23.7 Å². The van der Waals surface area contributed by atoms with Crippen LogP contribution in [0.5, 0.6) is 0 Å². The lowest BCUT2D eigenvalue weighted by Gasteiger charge is -2.32. The molecule has 1 saturated heterocycles. The minimum atomic E-state index is -0.852. The maximum atomic E-state index is 12.9. The highest BCUT2D eigenvalue weighted by atomic mass is 16.4. The number of ketones is 1. The van der Waals surface area contributed by atoms with Crippen LogP contribution in [0.1, 0.15) is 28.9 Å². The Morgan fingerprint density at radius 2 is 1.85 bits per heavy atom. The summed E-state index contributed by atoms with van der Waals surface area (Å²) < 4.78 is 0. The van der Waals surface area contributed by atoms with Crippen molar-refractivity contribution in [2.45, 2.75) is 12.8 Å². The molecule has 4 rings (SSSR count). The largest absolute Gasteiger partial charge is 0.465 e. The van der Waals surface area contributed by atoms with Gasteiger partial charge in [-0.15, -0.1) is 0 Å². The van der Waals surface area contributed by atoms with Crippen molar-refractivity contribution in [3.05, 3.63) is 72.3 Å². The number of hydrogen-bond donors (Lipinski definition) is 2. The van der Waals surface area contributed by atoms with E-state index < -0.39 is 6.09 Å². The van der Waals surface area contributed by atoms with E-state index in [2.05, 4.69) is 25.2 Å². The fraction of sp³-hybridized carbons (Fsp3) is 0.292. The van der Waals surface area contributed by atoms with Gasteiger partial charge in [-0.3, -0.25) is 9.78 Å². The summed E-state index contributed by atoms with van der Waals surface area (Å²) in [6.45, 7) is 1.90. The second kappa shape index (κ2) is 10.1. The molecular weight excluding hydrogens is 420 g/mol. The van der Waals surface area contributed by atoms with Gasteiger partial charge in [0.2, 0.25) is 5.78 Å². The zero-order valence-electron chi connectivity index (χ0n) is 18.4. The zero-order chi connectivity index (χ0) is 23.2. The topological polar surface area (TPSA) is 112 Å². The summed E-state index contributed by atoms with van der Waals surface area (Å²) in [5.74, 6) is 1.56. The number of likely N-dealkylation sites (tertiary alicyclic amines) is 1. The summed E-state index contributed by atoms with van der Waals surface area (Å²) >= 11 is 0. The second-order valence-corrected chi connectivity index (χ2v) is 8.07. The summed E-state index contributed by atoms with van der Waals surface area (Å²) in [5.41, 5.74) is 1.53. The third-order valence-electron chi connectivity index (χ3n) is 5.79. The van der Waals surface area contributed by atoms with Crippen LogP contribution >= 0.6 is 0 Å². The van der Waals surface area contributed by atoms with Crippen molar-refractivity contribution >= 4 is 29.2 Å². The number of carbonyl (C=O) groups is 2. The van der Waals surface area contributed by atoms with Gasteiger partial charge in [-0.1, -0.05) is 18.2 Å². The molecule has 1 aliphatic rings. The monoisotopic (exact) mass is 446 g/mol. The van der Waals surface area contributed by atoms with Gasteiger partial charge in [0.15, 0.2) is 0 Å². The predicted octanol–water partition coefficient (Wildman–Crippen LogP) is 3.67. The lowest BCUT2D eigenvalue weighted by molar-refractivity contribution is 0.103. The van der Waals surface area contributed by atoms with E-state index in [1.807, 2.05) is 31.3 Å². The highest BCUT2D eigenvalue weighted by Crippen LogP contribution is 2.25. The molecule has 2 aromatic heterocycles. The first kappa shape index (κ1) is 22.2. The Balaban J connectivity index is 1.45. The van der Waals surface area contributed by atoms with E-state index in [-0.39, 0.29) is 5.78 Å². The lowest BCUT2D eigenvalue weighted by atomic mass is 9.96. The fourth-order valence-electron chi connectivity index (χ4n) is 3.97. The highest BCUT2D eigenvalue weighted by Gasteiger charge is 2.23. The molecule has 1 aromatic carbocycles. The molecule has 33 heavy (non-hydrogen) atoms. The number of carboxylic acid groups (broad SMARTS) is 1. The highest BCUT2D eigenvalue weighted by molar-refractivity contribution is 6.11. The smallest absolute Gasteiger partial charge is 0.407 e. The number of anilines is 3. The summed E-state index contributed by atoms with van der Waals surface area (Å²) in [6.07, 6.45) is 3.90. The number of hydrogen-bond acceptors (Lipinski definition) is 7. The van der Waals surface area contributed by atoms with Crippen LogP contribution in [-0.4, -0.2) is 63.5 Å². The summed E-state index contributed by atoms with van der Waals surface area (Å²) in [6, 6.07) is 14.4. The molecule has 9 nitrogen and oxygen atoms in total. The maximum absolute atomic E-state index is 12.9. The third kappa shape index (κ3) is 5.43. The lowest BCUT2D eigenvalue weighted by Crippen LogP contribution is -2.40. The van der Waals surface area contributed by atoms with Crippen molar-refractivity contribution < 1.29 is 14.7 Å². The molecule has 3 aromatic rings. The molecule has 0 unspecified atom stereocenters. The van der Waals surface area contributed by atoms with Gasteiger partial charge in [-0.2, -0.15) is 0 Å². The van der Waals surface area contributed by atoms with Crippen molar-refractivity contribution in [3.63, 3.8) is 0 Å². The molecule has 2 N–H and O–H groups in total.